The fraction of sp³-hybridized carbons (Fsp3) is 0.200. The summed E-state index contributed by atoms with van der Waals surface area (Å²) < 4.78 is 0.480. The Bertz CT molecular complexity index is 517. The minimum Gasteiger partial charge on any atom is -0.480 e. The fourth-order valence-corrected chi connectivity index (χ4v) is 1.81. The van der Waals surface area contributed by atoms with Gasteiger partial charge < -0.3 is 15.1 Å². The van der Waals surface area contributed by atoms with Gasteiger partial charge in [-0.05, 0) is 12.1 Å². The van der Waals surface area contributed by atoms with Gasteiger partial charge in [0.15, 0.2) is 0 Å². The van der Waals surface area contributed by atoms with Gasteiger partial charge in [-0.3, -0.25) is 19.7 Å². The monoisotopic (exact) mass is 332 g/mol. The first-order chi connectivity index (χ1) is 8.81. The number of anilines is 1. The van der Waals surface area contributed by atoms with Crippen molar-refractivity contribution in [3.8, 4) is 0 Å². The molecule has 0 heterocycles. The van der Waals surface area contributed by atoms with Gasteiger partial charge in [-0.2, -0.15) is 0 Å². The Balaban J connectivity index is 3.26. The summed E-state index contributed by atoms with van der Waals surface area (Å²) in [4.78, 5) is 32.5. The first-order valence-electron chi connectivity index (χ1n) is 4.93. The molecule has 0 bridgehead atoms. The van der Waals surface area contributed by atoms with E-state index >= 15 is 0 Å². The lowest BCUT2D eigenvalue weighted by Crippen LogP contribution is -2.34. The lowest BCUT2D eigenvalue weighted by molar-refractivity contribution is -0.384. The van der Waals surface area contributed by atoms with Crippen LogP contribution in [0.5, 0.6) is 0 Å². The van der Waals surface area contributed by atoms with Crippen LogP contribution in [0.1, 0.15) is 0 Å². The summed E-state index contributed by atoms with van der Waals surface area (Å²) in [6.45, 7) is -1.30. The molecule has 0 amide bonds. The third-order valence-electron chi connectivity index (χ3n) is 2.13. The van der Waals surface area contributed by atoms with Crippen LogP contribution in [-0.4, -0.2) is 40.2 Å². The van der Waals surface area contributed by atoms with Crippen LogP contribution in [0.2, 0.25) is 0 Å². The number of nitro benzene ring substituents is 1. The van der Waals surface area contributed by atoms with Gasteiger partial charge >= 0.3 is 11.9 Å². The highest BCUT2D eigenvalue weighted by molar-refractivity contribution is 9.10. The zero-order chi connectivity index (χ0) is 14.6. The summed E-state index contributed by atoms with van der Waals surface area (Å²) in [7, 11) is 0. The summed E-state index contributed by atoms with van der Waals surface area (Å²) in [5.74, 6) is -2.56. The molecule has 0 atom stereocenters. The highest BCUT2D eigenvalue weighted by Crippen LogP contribution is 2.31. The SMILES string of the molecule is O=C(O)CN(CC(=O)O)c1cc(Br)ccc1[N+](=O)[O-]. The number of nitrogens with zero attached hydrogens (tertiary/aromatic N) is 2. The molecule has 1 aromatic rings. The van der Waals surface area contributed by atoms with Gasteiger partial charge in [-0.15, -0.1) is 0 Å². The van der Waals surface area contributed by atoms with Crippen LogP contribution < -0.4 is 4.90 Å². The number of hydrogen-bond acceptors (Lipinski definition) is 5. The van der Waals surface area contributed by atoms with Crippen molar-refractivity contribution in [3.63, 3.8) is 0 Å². The van der Waals surface area contributed by atoms with E-state index in [0.29, 0.717) is 4.47 Å². The summed E-state index contributed by atoms with van der Waals surface area (Å²) in [6.07, 6.45) is 0. The van der Waals surface area contributed by atoms with E-state index in [1.165, 1.54) is 18.2 Å². The normalized spacial score (nSPS) is 9.95. The molecule has 102 valence electrons. The zero-order valence-corrected chi connectivity index (χ0v) is 11.0. The number of halogens is 1. The third-order valence-corrected chi connectivity index (χ3v) is 2.62. The Labute approximate surface area is 115 Å². The van der Waals surface area contributed by atoms with E-state index in [4.69, 9.17) is 10.2 Å². The molecule has 19 heavy (non-hydrogen) atoms. The Kier molecular flexibility index (Phi) is 4.81. The average Bonchev–Trinajstić information content (AvgIpc) is 2.26. The second-order valence-corrected chi connectivity index (χ2v) is 4.45. The van der Waals surface area contributed by atoms with Crippen molar-refractivity contribution in [1.29, 1.82) is 0 Å². The standard InChI is InChI=1S/C10H9BrN2O6/c11-6-1-2-7(13(18)19)8(3-6)12(4-9(14)15)5-10(16)17/h1-3H,4-5H2,(H,14,15)(H,16,17). The summed E-state index contributed by atoms with van der Waals surface area (Å²) in [6, 6.07) is 3.90. The van der Waals surface area contributed by atoms with E-state index in [-0.39, 0.29) is 11.4 Å². The van der Waals surface area contributed by atoms with Crippen molar-refractivity contribution < 1.29 is 24.7 Å². The summed E-state index contributed by atoms with van der Waals surface area (Å²) in [5.41, 5.74) is -0.421. The highest BCUT2D eigenvalue weighted by Gasteiger charge is 2.23. The lowest BCUT2D eigenvalue weighted by Gasteiger charge is -2.20. The number of aliphatic carboxylic acids is 2. The minimum atomic E-state index is -1.28. The van der Waals surface area contributed by atoms with E-state index in [2.05, 4.69) is 15.9 Å². The predicted molar refractivity (Wildman–Crippen MR) is 68.3 cm³/mol. The molecule has 1 aromatic carbocycles. The second-order valence-electron chi connectivity index (χ2n) is 3.53. The van der Waals surface area contributed by atoms with Gasteiger partial charge in [0.05, 0.1) is 4.92 Å². The number of hydrogen-bond donors (Lipinski definition) is 2. The number of carboxylic acids is 2. The van der Waals surface area contributed by atoms with E-state index in [1.807, 2.05) is 0 Å². The van der Waals surface area contributed by atoms with Crippen LogP contribution >= 0.6 is 15.9 Å². The Hall–Kier alpha value is -2.16. The number of nitro groups is 1. The van der Waals surface area contributed by atoms with Gasteiger partial charge in [0.2, 0.25) is 0 Å². The molecule has 0 aromatic heterocycles. The summed E-state index contributed by atoms with van der Waals surface area (Å²) in [5, 5.41) is 28.4. The van der Waals surface area contributed by atoms with E-state index < -0.39 is 30.0 Å². The fourth-order valence-electron chi connectivity index (χ4n) is 1.46. The van der Waals surface area contributed by atoms with Crippen LogP contribution in [-0.2, 0) is 9.59 Å². The third kappa shape index (κ3) is 4.21. The molecule has 0 aliphatic heterocycles. The lowest BCUT2D eigenvalue weighted by atomic mass is 10.2. The maximum atomic E-state index is 10.9. The van der Waals surface area contributed by atoms with E-state index in [9.17, 15) is 19.7 Å². The van der Waals surface area contributed by atoms with Crippen LogP contribution in [0, 0.1) is 10.1 Å². The molecule has 0 radical (unpaired) electrons. The van der Waals surface area contributed by atoms with Crippen LogP contribution in [0.25, 0.3) is 0 Å². The van der Waals surface area contributed by atoms with Gasteiger partial charge in [0.1, 0.15) is 18.8 Å². The largest absolute Gasteiger partial charge is 0.480 e. The zero-order valence-electron chi connectivity index (χ0n) is 9.45. The predicted octanol–water partition coefficient (Wildman–Crippen LogP) is 1.33. The quantitative estimate of drug-likeness (QED) is 0.595. The molecule has 0 saturated heterocycles. The van der Waals surface area contributed by atoms with Crippen molar-refractivity contribution in [2.45, 2.75) is 0 Å². The van der Waals surface area contributed by atoms with Gasteiger partial charge in [-0.1, -0.05) is 15.9 Å². The Morgan fingerprint density at radius 3 is 2.21 bits per heavy atom. The van der Waals surface area contributed by atoms with Crippen LogP contribution in [0.3, 0.4) is 0 Å². The maximum absolute atomic E-state index is 10.9. The van der Waals surface area contributed by atoms with Gasteiger partial charge in [0, 0.05) is 10.5 Å². The van der Waals surface area contributed by atoms with Crippen molar-refractivity contribution >= 4 is 39.2 Å². The highest BCUT2D eigenvalue weighted by atomic mass is 79.9. The molecule has 0 aliphatic carbocycles. The summed E-state index contributed by atoms with van der Waals surface area (Å²) >= 11 is 3.10. The molecule has 1 rings (SSSR count). The molecule has 2 N–H and O–H groups in total. The maximum Gasteiger partial charge on any atom is 0.323 e. The molecule has 0 spiro atoms. The molecule has 0 unspecified atom stereocenters. The topological polar surface area (TPSA) is 121 Å². The number of carboxylic acid groups (broad SMARTS) is 2. The number of carbonyl (C=O) groups is 2. The van der Waals surface area contributed by atoms with Gasteiger partial charge in [0.25, 0.3) is 5.69 Å². The Morgan fingerprint density at radius 1 is 1.26 bits per heavy atom. The Morgan fingerprint density at radius 2 is 1.79 bits per heavy atom. The molecule has 8 nitrogen and oxygen atoms in total. The first-order valence-corrected chi connectivity index (χ1v) is 5.73. The average molecular weight is 333 g/mol. The van der Waals surface area contributed by atoms with Crippen molar-refractivity contribution in [2.75, 3.05) is 18.0 Å². The number of rotatable bonds is 6. The molecule has 0 aliphatic rings. The van der Waals surface area contributed by atoms with Crippen molar-refractivity contribution in [2.24, 2.45) is 0 Å². The van der Waals surface area contributed by atoms with Crippen molar-refractivity contribution in [1.82, 2.24) is 0 Å². The second kappa shape index (κ2) is 6.14. The van der Waals surface area contributed by atoms with E-state index in [0.717, 1.165) is 4.90 Å². The van der Waals surface area contributed by atoms with Gasteiger partial charge in [-0.25, -0.2) is 0 Å². The molecule has 0 saturated carbocycles. The minimum absolute atomic E-state index is 0.0656. The van der Waals surface area contributed by atoms with Crippen LogP contribution in [0.4, 0.5) is 11.4 Å². The van der Waals surface area contributed by atoms with Crippen molar-refractivity contribution in [3.05, 3.63) is 32.8 Å². The first kappa shape index (κ1) is 14.9. The molecule has 9 heteroatoms. The molecular weight excluding hydrogens is 324 g/mol. The smallest absolute Gasteiger partial charge is 0.323 e. The molecule has 0 fully saturated rings. The van der Waals surface area contributed by atoms with E-state index in [1.54, 1.807) is 0 Å². The molecular formula is C10H9BrN2O6. The number of benzene rings is 1. The van der Waals surface area contributed by atoms with Crippen LogP contribution in [0.15, 0.2) is 22.7 Å².